The van der Waals surface area contributed by atoms with Crippen molar-refractivity contribution in [1.29, 1.82) is 5.26 Å². The zero-order valence-electron chi connectivity index (χ0n) is 17.8. The van der Waals surface area contributed by atoms with E-state index in [-0.39, 0.29) is 0 Å². The van der Waals surface area contributed by atoms with Gasteiger partial charge in [-0.05, 0) is 62.1 Å². The quantitative estimate of drug-likeness (QED) is 0.731. The number of piperazine rings is 1. The van der Waals surface area contributed by atoms with E-state index < -0.39 is 0 Å². The molecule has 0 aromatic heterocycles. The lowest BCUT2D eigenvalue weighted by Gasteiger charge is -2.36. The molecule has 0 unspecified atom stereocenters. The molecule has 154 valence electrons. The van der Waals surface area contributed by atoms with E-state index in [1.54, 1.807) is 0 Å². The Morgan fingerprint density at radius 3 is 2.28 bits per heavy atom. The highest BCUT2D eigenvalue weighted by Crippen LogP contribution is 2.22. The first kappa shape index (κ1) is 21.0. The lowest BCUT2D eigenvalue weighted by molar-refractivity contribution is 0.249. The van der Waals surface area contributed by atoms with Crippen LogP contribution in [0.2, 0.25) is 0 Å². The van der Waals surface area contributed by atoms with Gasteiger partial charge >= 0.3 is 0 Å². The summed E-state index contributed by atoms with van der Waals surface area (Å²) in [6.07, 6.45) is 0. The smallest absolute Gasteiger partial charge is 0.0995 e. The van der Waals surface area contributed by atoms with Crippen LogP contribution in [0.5, 0.6) is 0 Å². The number of rotatable bonds is 7. The second-order valence-electron chi connectivity index (χ2n) is 8.03. The van der Waals surface area contributed by atoms with Crippen LogP contribution < -0.4 is 15.5 Å². The molecule has 1 aliphatic heterocycles. The molecule has 0 amide bonds. The Labute approximate surface area is 174 Å². The number of nitrogens with two attached hydrogens (primary N) is 1. The Morgan fingerprint density at radius 2 is 1.66 bits per heavy atom. The third kappa shape index (κ3) is 5.63. The number of nitrogen functional groups attached to an aromatic ring is 1. The van der Waals surface area contributed by atoms with E-state index in [2.05, 4.69) is 71.1 Å². The Balaban J connectivity index is 1.63. The summed E-state index contributed by atoms with van der Waals surface area (Å²) in [4.78, 5) is 9.27. The van der Waals surface area contributed by atoms with Crippen LogP contribution in [0.4, 0.5) is 17.1 Å². The fraction of sp³-hybridized carbons (Fsp3) is 0.435. The lowest BCUT2D eigenvalue weighted by Crippen LogP contribution is -2.46. The molecular weight excluding hydrogens is 360 g/mol. The van der Waals surface area contributed by atoms with E-state index in [1.807, 2.05) is 18.2 Å². The zero-order chi connectivity index (χ0) is 20.8. The number of anilines is 3. The van der Waals surface area contributed by atoms with Gasteiger partial charge in [-0.25, -0.2) is 0 Å². The molecular formula is C23H32N6. The summed E-state index contributed by atoms with van der Waals surface area (Å²) in [6, 6.07) is 16.7. The molecule has 2 aromatic carbocycles. The van der Waals surface area contributed by atoms with Gasteiger partial charge in [0.15, 0.2) is 0 Å². The molecule has 3 rings (SSSR count). The molecule has 0 atom stereocenters. The first-order valence-electron chi connectivity index (χ1n) is 10.2. The molecule has 1 fully saturated rings. The Hall–Kier alpha value is -2.75. The van der Waals surface area contributed by atoms with E-state index in [4.69, 9.17) is 5.73 Å². The van der Waals surface area contributed by atoms with Crippen molar-refractivity contribution < 1.29 is 0 Å². The number of likely N-dealkylation sites (N-methyl/N-ethyl adjacent to an activating group) is 2. The van der Waals surface area contributed by atoms with Crippen LogP contribution in [0.1, 0.15) is 11.1 Å². The lowest BCUT2D eigenvalue weighted by atomic mass is 10.1. The van der Waals surface area contributed by atoms with Gasteiger partial charge in [-0.1, -0.05) is 0 Å². The standard InChI is InChI=1S/C23H32N6/c1-26(2)10-11-27(3)23-7-4-19(17-24)20(16-23)18-28-12-14-29(15-13-28)22-8-5-21(25)6-9-22/h4-9,16H,10-15,18,25H2,1-3H3. The van der Waals surface area contributed by atoms with Gasteiger partial charge in [-0.3, -0.25) is 4.90 Å². The van der Waals surface area contributed by atoms with Crippen LogP contribution in [0.25, 0.3) is 0 Å². The second-order valence-corrected chi connectivity index (χ2v) is 8.03. The van der Waals surface area contributed by atoms with E-state index in [1.165, 1.54) is 11.4 Å². The van der Waals surface area contributed by atoms with Crippen molar-refractivity contribution in [2.75, 3.05) is 75.9 Å². The van der Waals surface area contributed by atoms with E-state index in [9.17, 15) is 5.26 Å². The SMILES string of the molecule is CN(C)CCN(C)c1ccc(C#N)c(CN2CCN(c3ccc(N)cc3)CC2)c1. The molecule has 0 saturated carbocycles. The van der Waals surface area contributed by atoms with E-state index in [0.29, 0.717) is 0 Å². The molecule has 29 heavy (non-hydrogen) atoms. The molecule has 0 aliphatic carbocycles. The molecule has 6 nitrogen and oxygen atoms in total. The Bertz CT molecular complexity index is 831. The van der Waals surface area contributed by atoms with Gasteiger partial charge in [0.1, 0.15) is 0 Å². The first-order chi connectivity index (χ1) is 14.0. The van der Waals surface area contributed by atoms with Crippen molar-refractivity contribution in [2.45, 2.75) is 6.54 Å². The van der Waals surface area contributed by atoms with Crippen molar-refractivity contribution in [1.82, 2.24) is 9.80 Å². The van der Waals surface area contributed by atoms with Crippen LogP contribution in [0.15, 0.2) is 42.5 Å². The Morgan fingerprint density at radius 1 is 0.966 bits per heavy atom. The number of hydrogen-bond acceptors (Lipinski definition) is 6. The minimum Gasteiger partial charge on any atom is -0.399 e. The van der Waals surface area contributed by atoms with Crippen LogP contribution >= 0.6 is 0 Å². The van der Waals surface area contributed by atoms with Crippen molar-refractivity contribution in [3.05, 3.63) is 53.6 Å². The first-order valence-corrected chi connectivity index (χ1v) is 10.2. The van der Waals surface area contributed by atoms with Crippen molar-refractivity contribution in [2.24, 2.45) is 0 Å². The van der Waals surface area contributed by atoms with E-state index >= 15 is 0 Å². The number of benzene rings is 2. The topological polar surface area (TPSA) is 62.8 Å². The molecule has 0 bridgehead atoms. The number of nitriles is 1. The fourth-order valence-electron chi connectivity index (χ4n) is 3.63. The summed E-state index contributed by atoms with van der Waals surface area (Å²) in [6.45, 7) is 6.69. The highest BCUT2D eigenvalue weighted by molar-refractivity contribution is 5.54. The third-order valence-corrected chi connectivity index (χ3v) is 5.56. The summed E-state index contributed by atoms with van der Waals surface area (Å²) in [5.74, 6) is 0. The Kier molecular flexibility index (Phi) is 6.97. The average Bonchev–Trinajstić information content (AvgIpc) is 2.73. The predicted octanol–water partition coefficient (Wildman–Crippen LogP) is 2.46. The minimum absolute atomic E-state index is 0.774. The normalized spacial score (nSPS) is 14.8. The summed E-state index contributed by atoms with van der Waals surface area (Å²) in [5.41, 5.74) is 10.9. The van der Waals surface area contributed by atoms with Crippen molar-refractivity contribution >= 4 is 17.1 Å². The van der Waals surface area contributed by atoms with Crippen LogP contribution in [0, 0.1) is 11.3 Å². The highest BCUT2D eigenvalue weighted by Gasteiger charge is 2.19. The van der Waals surface area contributed by atoms with Crippen molar-refractivity contribution in [3.63, 3.8) is 0 Å². The molecule has 2 N–H and O–H groups in total. The van der Waals surface area contributed by atoms with Gasteiger partial charge in [-0.2, -0.15) is 5.26 Å². The van der Waals surface area contributed by atoms with Gasteiger partial charge in [0.05, 0.1) is 11.6 Å². The molecule has 2 aromatic rings. The number of nitrogens with zero attached hydrogens (tertiary/aromatic N) is 5. The highest BCUT2D eigenvalue weighted by atomic mass is 15.3. The number of hydrogen-bond donors (Lipinski definition) is 1. The molecule has 1 heterocycles. The molecule has 1 saturated heterocycles. The molecule has 1 aliphatic rings. The minimum atomic E-state index is 0.774. The average molecular weight is 393 g/mol. The zero-order valence-corrected chi connectivity index (χ0v) is 17.8. The van der Waals surface area contributed by atoms with Gasteiger partial charge in [-0.15, -0.1) is 0 Å². The van der Waals surface area contributed by atoms with Crippen LogP contribution in [-0.2, 0) is 6.54 Å². The van der Waals surface area contributed by atoms with E-state index in [0.717, 1.165) is 62.6 Å². The molecule has 6 heteroatoms. The fourth-order valence-corrected chi connectivity index (χ4v) is 3.63. The van der Waals surface area contributed by atoms with Gasteiger partial charge in [0.2, 0.25) is 0 Å². The maximum absolute atomic E-state index is 9.56. The van der Waals surface area contributed by atoms with Crippen molar-refractivity contribution in [3.8, 4) is 6.07 Å². The molecule has 0 radical (unpaired) electrons. The predicted molar refractivity (Wildman–Crippen MR) is 121 cm³/mol. The van der Waals surface area contributed by atoms with Crippen LogP contribution in [-0.4, -0.2) is 70.2 Å². The van der Waals surface area contributed by atoms with Crippen LogP contribution in [0.3, 0.4) is 0 Å². The third-order valence-electron chi connectivity index (χ3n) is 5.56. The van der Waals surface area contributed by atoms with Gasteiger partial charge in [0, 0.05) is 69.9 Å². The van der Waals surface area contributed by atoms with Gasteiger partial charge in [0.25, 0.3) is 0 Å². The second kappa shape index (κ2) is 9.64. The summed E-state index contributed by atoms with van der Waals surface area (Å²) >= 11 is 0. The van der Waals surface area contributed by atoms with Gasteiger partial charge < -0.3 is 20.4 Å². The summed E-state index contributed by atoms with van der Waals surface area (Å²) in [5, 5.41) is 9.56. The molecule has 0 spiro atoms. The summed E-state index contributed by atoms with van der Waals surface area (Å²) < 4.78 is 0. The largest absolute Gasteiger partial charge is 0.399 e. The monoisotopic (exact) mass is 392 g/mol. The maximum atomic E-state index is 9.56. The maximum Gasteiger partial charge on any atom is 0.0995 e. The summed E-state index contributed by atoms with van der Waals surface area (Å²) in [7, 11) is 6.28.